The number of nitrogens with one attached hydrogen (secondary N) is 1. The molecule has 31 heavy (non-hydrogen) atoms. The fourth-order valence-corrected chi connectivity index (χ4v) is 4.32. The first kappa shape index (κ1) is 19.1. The molecule has 5 aromatic rings. The van der Waals surface area contributed by atoms with Crippen molar-refractivity contribution in [3.05, 3.63) is 82.8 Å². The highest BCUT2D eigenvalue weighted by Crippen LogP contribution is 2.31. The van der Waals surface area contributed by atoms with Crippen LogP contribution in [0.3, 0.4) is 0 Å². The minimum Gasteiger partial charge on any atom is -0.341 e. The number of nitrogens with zero attached hydrogens (tertiary/aromatic N) is 3. The van der Waals surface area contributed by atoms with Crippen molar-refractivity contribution in [2.24, 2.45) is 0 Å². The molecule has 0 aliphatic rings. The number of hydrogen-bond acceptors (Lipinski definition) is 3. The van der Waals surface area contributed by atoms with Gasteiger partial charge in [0.2, 0.25) is 5.91 Å². The van der Waals surface area contributed by atoms with Crippen LogP contribution in [0.25, 0.3) is 32.6 Å². The zero-order chi connectivity index (χ0) is 21.5. The first-order chi connectivity index (χ1) is 15.1. The van der Waals surface area contributed by atoms with E-state index in [0.717, 1.165) is 33.9 Å². The van der Waals surface area contributed by atoms with Gasteiger partial charge in [-0.2, -0.15) is 5.10 Å². The number of anilines is 1. The molecule has 6 heteroatoms. The Hall–Kier alpha value is -3.93. The van der Waals surface area contributed by atoms with Crippen LogP contribution in [-0.4, -0.2) is 20.3 Å². The Morgan fingerprint density at radius 1 is 0.903 bits per heavy atom. The van der Waals surface area contributed by atoms with Gasteiger partial charge in [-0.05, 0) is 44.2 Å². The third-order valence-electron chi connectivity index (χ3n) is 5.72. The molecule has 0 unspecified atom stereocenters. The van der Waals surface area contributed by atoms with Gasteiger partial charge in [0.25, 0.3) is 5.56 Å². The third kappa shape index (κ3) is 3.17. The maximum Gasteiger partial charge on any atom is 0.275 e. The largest absolute Gasteiger partial charge is 0.341 e. The number of carbonyl (C=O) groups excluding carboxylic acids is 1. The van der Waals surface area contributed by atoms with Gasteiger partial charge in [0.05, 0.1) is 11.1 Å². The van der Waals surface area contributed by atoms with Crippen LogP contribution in [0.2, 0.25) is 0 Å². The van der Waals surface area contributed by atoms with Crippen LogP contribution < -0.4 is 10.9 Å². The van der Waals surface area contributed by atoms with Crippen molar-refractivity contribution < 1.29 is 4.79 Å². The molecule has 0 bridgehead atoms. The number of carbonyl (C=O) groups is 1. The topological polar surface area (TPSA) is 68.9 Å². The Morgan fingerprint density at radius 2 is 1.58 bits per heavy atom. The van der Waals surface area contributed by atoms with Gasteiger partial charge in [-0.3, -0.25) is 9.59 Å². The molecular weight excluding hydrogens is 388 g/mol. The Labute approximate surface area is 178 Å². The lowest BCUT2D eigenvalue weighted by molar-refractivity contribution is -0.117. The number of aryl methyl sites for hydroxylation is 2. The number of amides is 1. The van der Waals surface area contributed by atoms with Crippen LogP contribution in [0.1, 0.15) is 12.6 Å². The van der Waals surface area contributed by atoms with Crippen LogP contribution in [0, 0.1) is 6.92 Å². The lowest BCUT2D eigenvalue weighted by Crippen LogP contribution is -2.30. The standard InChI is InChI=1S/C25H22N4O2/c1-3-28-22-11-7-6-9-19(22)21-14-17(12-13-23(21)28)26-24(30)15-29-25(31)20-10-5-4-8-18(20)16(2)27-29/h4-14H,3,15H2,1-2H3,(H,26,30). The molecular formula is C25H22N4O2. The number of fused-ring (bicyclic) bond motifs is 4. The molecule has 1 N–H and O–H groups in total. The summed E-state index contributed by atoms with van der Waals surface area (Å²) in [5.74, 6) is -0.289. The van der Waals surface area contributed by atoms with Crippen LogP contribution in [-0.2, 0) is 17.9 Å². The summed E-state index contributed by atoms with van der Waals surface area (Å²) in [4.78, 5) is 25.5. The second-order valence-electron chi connectivity index (χ2n) is 7.64. The van der Waals surface area contributed by atoms with E-state index in [4.69, 9.17) is 0 Å². The highest BCUT2D eigenvalue weighted by atomic mass is 16.2. The zero-order valence-electron chi connectivity index (χ0n) is 17.4. The fourth-order valence-electron chi connectivity index (χ4n) is 4.32. The number of hydrogen-bond donors (Lipinski definition) is 1. The number of rotatable bonds is 4. The monoisotopic (exact) mass is 410 g/mol. The maximum absolute atomic E-state index is 12.7. The predicted octanol–water partition coefficient (Wildman–Crippen LogP) is 4.47. The van der Waals surface area contributed by atoms with Gasteiger partial charge in [0.15, 0.2) is 0 Å². The second-order valence-corrected chi connectivity index (χ2v) is 7.64. The minimum atomic E-state index is -0.289. The smallest absolute Gasteiger partial charge is 0.275 e. The normalized spacial score (nSPS) is 11.4. The fraction of sp³-hybridized carbons (Fsp3) is 0.160. The molecule has 5 rings (SSSR count). The van der Waals surface area contributed by atoms with Crippen molar-refractivity contribution in [2.75, 3.05) is 5.32 Å². The number of aromatic nitrogens is 3. The Balaban J connectivity index is 1.47. The Morgan fingerprint density at radius 3 is 2.35 bits per heavy atom. The van der Waals surface area contributed by atoms with Gasteiger partial charge in [-0.15, -0.1) is 0 Å². The van der Waals surface area contributed by atoms with Crippen molar-refractivity contribution in [3.63, 3.8) is 0 Å². The van der Waals surface area contributed by atoms with E-state index in [9.17, 15) is 9.59 Å². The molecule has 0 saturated carbocycles. The third-order valence-corrected chi connectivity index (χ3v) is 5.72. The summed E-state index contributed by atoms with van der Waals surface area (Å²) < 4.78 is 3.49. The Kier molecular flexibility index (Phi) is 4.55. The van der Waals surface area contributed by atoms with Gasteiger partial charge in [-0.25, -0.2) is 4.68 Å². The van der Waals surface area contributed by atoms with Crippen molar-refractivity contribution >= 4 is 44.2 Å². The molecule has 0 aliphatic heterocycles. The summed E-state index contributed by atoms with van der Waals surface area (Å²) in [5.41, 5.74) is 3.45. The van der Waals surface area contributed by atoms with Gasteiger partial charge >= 0.3 is 0 Å². The first-order valence-electron chi connectivity index (χ1n) is 10.3. The van der Waals surface area contributed by atoms with Crippen molar-refractivity contribution in [3.8, 4) is 0 Å². The predicted molar refractivity (Wildman–Crippen MR) is 124 cm³/mol. The van der Waals surface area contributed by atoms with Crippen LogP contribution in [0.4, 0.5) is 5.69 Å². The van der Waals surface area contributed by atoms with Crippen LogP contribution >= 0.6 is 0 Å². The lowest BCUT2D eigenvalue weighted by Gasteiger charge is -2.10. The van der Waals surface area contributed by atoms with Gasteiger partial charge < -0.3 is 9.88 Å². The number of benzene rings is 3. The molecule has 6 nitrogen and oxygen atoms in total. The van der Waals surface area contributed by atoms with Crippen molar-refractivity contribution in [2.45, 2.75) is 26.9 Å². The van der Waals surface area contributed by atoms with E-state index < -0.39 is 0 Å². The Bertz CT molecular complexity index is 1530. The molecule has 2 heterocycles. The molecule has 0 spiro atoms. The zero-order valence-corrected chi connectivity index (χ0v) is 17.4. The van der Waals surface area contributed by atoms with Crippen molar-refractivity contribution in [1.82, 2.24) is 14.3 Å². The molecule has 0 atom stereocenters. The molecule has 0 aliphatic carbocycles. The molecule has 0 fully saturated rings. The summed E-state index contributed by atoms with van der Waals surface area (Å²) in [6.07, 6.45) is 0. The highest BCUT2D eigenvalue weighted by Gasteiger charge is 2.13. The van der Waals surface area contributed by atoms with E-state index >= 15 is 0 Å². The highest BCUT2D eigenvalue weighted by molar-refractivity contribution is 6.09. The van der Waals surface area contributed by atoms with Crippen LogP contribution in [0.5, 0.6) is 0 Å². The lowest BCUT2D eigenvalue weighted by atomic mass is 10.1. The average molecular weight is 410 g/mol. The first-order valence-corrected chi connectivity index (χ1v) is 10.3. The summed E-state index contributed by atoms with van der Waals surface area (Å²) >= 11 is 0. The van der Waals surface area contributed by atoms with E-state index in [-0.39, 0.29) is 18.0 Å². The summed E-state index contributed by atoms with van der Waals surface area (Å²) in [6, 6.07) is 21.5. The SMILES string of the molecule is CCn1c2ccccc2c2cc(NC(=O)Cn3nc(C)c4ccccc4c3=O)ccc21. The van der Waals surface area contributed by atoms with Gasteiger partial charge in [0, 0.05) is 39.4 Å². The average Bonchev–Trinajstić information content (AvgIpc) is 3.10. The summed E-state index contributed by atoms with van der Waals surface area (Å²) in [6.45, 7) is 4.69. The summed E-state index contributed by atoms with van der Waals surface area (Å²) in [5, 5.41) is 10.9. The molecule has 1 amide bonds. The molecule has 0 saturated heterocycles. The van der Waals surface area contributed by atoms with Crippen molar-refractivity contribution in [1.29, 1.82) is 0 Å². The molecule has 2 aromatic heterocycles. The molecule has 154 valence electrons. The minimum absolute atomic E-state index is 0.140. The van der Waals surface area contributed by atoms with E-state index in [1.165, 1.54) is 10.2 Å². The van der Waals surface area contributed by atoms with E-state index in [1.807, 2.05) is 55.5 Å². The summed E-state index contributed by atoms with van der Waals surface area (Å²) in [7, 11) is 0. The molecule has 3 aromatic carbocycles. The van der Waals surface area contributed by atoms with Gasteiger partial charge in [-0.1, -0.05) is 36.4 Å². The maximum atomic E-state index is 12.7. The van der Waals surface area contributed by atoms with Crippen LogP contribution in [0.15, 0.2) is 71.5 Å². The quantitative estimate of drug-likeness (QED) is 0.475. The van der Waals surface area contributed by atoms with E-state index in [2.05, 4.69) is 34.0 Å². The van der Waals surface area contributed by atoms with Gasteiger partial charge in [0.1, 0.15) is 6.54 Å². The second kappa shape index (κ2) is 7.40. The van der Waals surface area contributed by atoms with E-state index in [1.54, 1.807) is 6.07 Å². The molecule has 0 radical (unpaired) electrons. The van der Waals surface area contributed by atoms with E-state index in [0.29, 0.717) is 11.1 Å². The number of para-hydroxylation sites is 1.